The first-order valence-corrected chi connectivity index (χ1v) is 16.8. The number of ketones is 1. The number of ether oxygens (including phenoxy) is 2. The molecule has 2 atom stereocenters. The van der Waals surface area contributed by atoms with Crippen molar-refractivity contribution >= 4 is 27.8 Å². The first-order chi connectivity index (χ1) is 18.6. The van der Waals surface area contributed by atoms with Crippen molar-refractivity contribution in [1.29, 1.82) is 0 Å². The number of esters is 2. The summed E-state index contributed by atoms with van der Waals surface area (Å²) in [7, 11) is -3.28. The van der Waals surface area contributed by atoms with Crippen LogP contribution in [0.5, 0.6) is 0 Å². The maximum Gasteiger partial charge on any atom is 1.00 e. The van der Waals surface area contributed by atoms with Gasteiger partial charge in [0.1, 0.15) is 22.0 Å². The van der Waals surface area contributed by atoms with E-state index in [0.29, 0.717) is 38.5 Å². The molecule has 0 fully saturated rings. The summed E-state index contributed by atoms with van der Waals surface area (Å²) in [6, 6.07) is 0. The molecule has 0 spiro atoms. The Balaban J connectivity index is 0. The van der Waals surface area contributed by atoms with Crippen molar-refractivity contribution in [2.24, 2.45) is 0 Å². The van der Waals surface area contributed by atoms with Gasteiger partial charge in [-0.05, 0) is 45.4 Å². The van der Waals surface area contributed by atoms with Gasteiger partial charge >= 0.3 is 41.5 Å². The van der Waals surface area contributed by atoms with Crippen molar-refractivity contribution in [1.82, 2.24) is 0 Å². The molecule has 0 heterocycles. The smallest absolute Gasteiger partial charge is 0.748 e. The molecule has 8 nitrogen and oxygen atoms in total. The second-order valence-electron chi connectivity index (χ2n) is 10.8. The molecule has 0 aromatic heterocycles. The molecule has 0 N–H and O–H groups in total. The van der Waals surface area contributed by atoms with E-state index in [0.717, 1.165) is 70.6 Å². The minimum atomic E-state index is -4.64. The quantitative estimate of drug-likeness (QED) is 0.0597. The van der Waals surface area contributed by atoms with Crippen LogP contribution in [0.2, 0.25) is 0 Å². The summed E-state index contributed by atoms with van der Waals surface area (Å²) in [5.74, 6) is -0.494. The summed E-state index contributed by atoms with van der Waals surface area (Å²) in [6.45, 7) is 3.74. The van der Waals surface area contributed by atoms with E-state index in [9.17, 15) is 27.4 Å². The number of carbonyl (C=O) groups is 3. The predicted octanol–water partition coefficient (Wildman–Crippen LogP) is 4.18. The van der Waals surface area contributed by atoms with Crippen molar-refractivity contribution < 1.29 is 66.4 Å². The molecule has 2 unspecified atom stereocenters. The van der Waals surface area contributed by atoms with E-state index in [1.54, 1.807) is 6.92 Å². The van der Waals surface area contributed by atoms with E-state index < -0.39 is 27.4 Å². The Morgan fingerprint density at radius 2 is 1.07 bits per heavy atom. The van der Waals surface area contributed by atoms with Crippen molar-refractivity contribution in [3.8, 4) is 0 Å². The third-order valence-electron chi connectivity index (χ3n) is 7.17. The van der Waals surface area contributed by atoms with Crippen molar-refractivity contribution in [3.05, 3.63) is 0 Å². The van der Waals surface area contributed by atoms with Crippen LogP contribution in [0.4, 0.5) is 0 Å². The zero-order chi connectivity index (χ0) is 29.4. The van der Waals surface area contributed by atoms with Crippen LogP contribution in [-0.4, -0.2) is 49.2 Å². The molecule has 0 radical (unpaired) electrons. The summed E-state index contributed by atoms with van der Waals surface area (Å²) in [5, 5.41) is -1.24. The molecule has 40 heavy (non-hydrogen) atoms. The van der Waals surface area contributed by atoms with Gasteiger partial charge in [0.25, 0.3) is 0 Å². The zero-order valence-corrected chi connectivity index (χ0v) is 28.7. The molecule has 0 aliphatic carbocycles. The van der Waals surface area contributed by atoms with Gasteiger partial charge in [-0.3, -0.25) is 9.59 Å². The minimum Gasteiger partial charge on any atom is -0.748 e. The monoisotopic (exact) mass is 598 g/mol. The standard InChI is InChI=1S/C30H56O8S.Na/c1-4-5-6-7-8-14-20-25-30(33)38-27(22-17-12-10-15-19-24-29(32)37-3)28(39(34,35)36)23-18-13-9-11-16-21-26(2)31;/h27-28H,4-25H2,1-3H3,(H,34,35,36);/q;+1/p-1. The summed E-state index contributed by atoms with van der Waals surface area (Å²) >= 11 is 0. The van der Waals surface area contributed by atoms with Gasteiger partial charge in [-0.15, -0.1) is 0 Å². The zero-order valence-electron chi connectivity index (χ0n) is 25.9. The molecule has 0 amide bonds. The van der Waals surface area contributed by atoms with Crippen LogP contribution in [0.15, 0.2) is 0 Å². The van der Waals surface area contributed by atoms with Gasteiger partial charge in [0.2, 0.25) is 0 Å². The SMILES string of the molecule is CCCCCCCCCC(=O)OC(CCCCCCCC(=O)OC)C(CCCCCCCC(C)=O)S(=O)(=O)[O-].[Na+]. The topological polar surface area (TPSA) is 127 Å². The third-order valence-corrected chi connectivity index (χ3v) is 8.45. The van der Waals surface area contributed by atoms with Crippen LogP contribution in [0.25, 0.3) is 0 Å². The second kappa shape index (κ2) is 27.4. The van der Waals surface area contributed by atoms with Crippen LogP contribution in [0.3, 0.4) is 0 Å². The van der Waals surface area contributed by atoms with Gasteiger partial charge in [0, 0.05) is 19.3 Å². The summed E-state index contributed by atoms with van der Waals surface area (Å²) in [4.78, 5) is 34.9. The Hall–Kier alpha value is -0.480. The van der Waals surface area contributed by atoms with E-state index in [1.807, 2.05) is 0 Å². The van der Waals surface area contributed by atoms with E-state index in [4.69, 9.17) is 4.74 Å². The van der Waals surface area contributed by atoms with Gasteiger partial charge < -0.3 is 18.8 Å². The largest absolute Gasteiger partial charge is 1.00 e. The fraction of sp³-hybridized carbons (Fsp3) is 0.900. The molecule has 10 heteroatoms. The summed E-state index contributed by atoms with van der Waals surface area (Å²) in [6.07, 6.45) is 16.0. The van der Waals surface area contributed by atoms with E-state index in [-0.39, 0.29) is 54.2 Å². The fourth-order valence-electron chi connectivity index (χ4n) is 4.79. The number of hydrogen-bond donors (Lipinski definition) is 0. The van der Waals surface area contributed by atoms with Gasteiger partial charge in [0.15, 0.2) is 0 Å². The van der Waals surface area contributed by atoms with Crippen LogP contribution < -0.4 is 29.6 Å². The fourth-order valence-corrected chi connectivity index (χ4v) is 5.81. The number of Topliss-reactive ketones (excluding diaryl/α,β-unsaturated/α-hetero) is 1. The Bertz CT molecular complexity index is 757. The Labute approximate surface area is 266 Å². The number of unbranched alkanes of at least 4 members (excludes halogenated alkanes) is 14. The molecule has 0 aromatic rings. The van der Waals surface area contributed by atoms with Gasteiger partial charge in [-0.25, -0.2) is 8.42 Å². The molecule has 0 aliphatic rings. The number of rotatable bonds is 27. The average Bonchev–Trinajstić information content (AvgIpc) is 2.87. The molecular formula is C30H55NaO8S. The van der Waals surface area contributed by atoms with Crippen molar-refractivity contribution in [2.75, 3.05) is 7.11 Å². The van der Waals surface area contributed by atoms with E-state index >= 15 is 0 Å². The first kappa shape index (κ1) is 41.7. The normalized spacial score (nSPS) is 12.8. The number of methoxy groups -OCH3 is 1. The summed E-state index contributed by atoms with van der Waals surface area (Å²) < 4.78 is 47.0. The van der Waals surface area contributed by atoms with Gasteiger partial charge in [-0.1, -0.05) is 90.4 Å². The van der Waals surface area contributed by atoms with E-state index in [2.05, 4.69) is 11.7 Å². The maximum atomic E-state index is 12.6. The molecule has 0 aliphatic heterocycles. The predicted molar refractivity (Wildman–Crippen MR) is 153 cm³/mol. The van der Waals surface area contributed by atoms with Gasteiger partial charge in [0.05, 0.1) is 12.4 Å². The maximum absolute atomic E-state index is 12.6. The first-order valence-electron chi connectivity index (χ1n) is 15.3. The average molecular weight is 599 g/mol. The van der Waals surface area contributed by atoms with Crippen LogP contribution in [0.1, 0.15) is 155 Å². The van der Waals surface area contributed by atoms with E-state index in [1.165, 1.54) is 26.4 Å². The Morgan fingerprint density at radius 3 is 1.55 bits per heavy atom. The molecular weight excluding hydrogens is 543 g/mol. The minimum absolute atomic E-state index is 0. The molecule has 0 saturated carbocycles. The molecule has 0 rings (SSSR count). The second-order valence-corrected chi connectivity index (χ2v) is 12.4. The number of carbonyl (C=O) groups excluding carboxylic acids is 3. The molecule has 230 valence electrons. The van der Waals surface area contributed by atoms with Crippen molar-refractivity contribution in [2.45, 2.75) is 166 Å². The van der Waals surface area contributed by atoms with Crippen LogP contribution in [0, 0.1) is 0 Å². The summed E-state index contributed by atoms with van der Waals surface area (Å²) in [5.41, 5.74) is 0. The van der Waals surface area contributed by atoms with Gasteiger partial charge in [-0.2, -0.15) is 0 Å². The third kappa shape index (κ3) is 25.2. The Morgan fingerprint density at radius 1 is 0.650 bits per heavy atom. The molecule has 0 aromatic carbocycles. The Kier molecular flexibility index (Phi) is 28.5. The molecule has 0 saturated heterocycles. The van der Waals surface area contributed by atoms with Crippen molar-refractivity contribution in [3.63, 3.8) is 0 Å². The number of hydrogen-bond acceptors (Lipinski definition) is 8. The van der Waals surface area contributed by atoms with Crippen LogP contribution in [-0.2, 0) is 34.0 Å². The van der Waals surface area contributed by atoms with Crippen LogP contribution >= 0.6 is 0 Å². The molecule has 0 bridgehead atoms.